The topological polar surface area (TPSA) is 44.5 Å². The Morgan fingerprint density at radius 1 is 1.11 bits per heavy atom. The van der Waals surface area contributed by atoms with Gasteiger partial charge in [-0.3, -0.25) is 0 Å². The lowest BCUT2D eigenvalue weighted by Crippen LogP contribution is -1.99. The minimum atomic E-state index is -0.371. The van der Waals surface area contributed by atoms with Crippen molar-refractivity contribution in [2.75, 3.05) is 12.8 Å². The van der Waals surface area contributed by atoms with Crippen molar-refractivity contribution in [3.05, 3.63) is 53.8 Å². The molecule has 0 bridgehead atoms. The molecule has 0 heterocycles. The molecule has 0 aromatic heterocycles. The molecule has 2 aromatic carbocycles. The fourth-order valence-corrected chi connectivity index (χ4v) is 1.53. The third-order valence-electron chi connectivity index (χ3n) is 2.53. The van der Waals surface area contributed by atoms with Crippen LogP contribution in [-0.2, 0) is 6.61 Å². The lowest BCUT2D eigenvalue weighted by Gasteiger charge is -2.09. The maximum atomic E-state index is 12.8. The normalized spacial score (nSPS) is 10.1. The summed E-state index contributed by atoms with van der Waals surface area (Å²) in [6, 6.07) is 11.6. The summed E-state index contributed by atoms with van der Waals surface area (Å²) in [4.78, 5) is 0. The molecule has 4 heteroatoms. The molecule has 0 spiro atoms. The van der Waals surface area contributed by atoms with Crippen LogP contribution < -0.4 is 15.2 Å². The molecule has 0 aliphatic carbocycles. The van der Waals surface area contributed by atoms with Crippen LogP contribution in [0.25, 0.3) is 0 Å². The Balaban J connectivity index is 2.02. The molecule has 2 N–H and O–H groups in total. The zero-order valence-corrected chi connectivity index (χ0v) is 10.0. The van der Waals surface area contributed by atoms with Gasteiger partial charge >= 0.3 is 0 Å². The smallest absolute Gasteiger partial charge is 0.142 e. The van der Waals surface area contributed by atoms with E-state index in [0.717, 1.165) is 11.3 Å². The predicted molar refractivity (Wildman–Crippen MR) is 68.1 cm³/mol. The van der Waals surface area contributed by atoms with Crippen LogP contribution in [0, 0.1) is 5.82 Å². The minimum Gasteiger partial charge on any atom is -0.497 e. The van der Waals surface area contributed by atoms with E-state index in [0.29, 0.717) is 18.0 Å². The summed E-state index contributed by atoms with van der Waals surface area (Å²) in [5.41, 5.74) is 6.93. The Morgan fingerprint density at radius 2 is 1.83 bits per heavy atom. The molecule has 0 saturated carbocycles. The molecular weight excluding hydrogens is 233 g/mol. The minimum absolute atomic E-state index is 0.295. The van der Waals surface area contributed by atoms with Gasteiger partial charge in [0.1, 0.15) is 23.9 Å². The first-order chi connectivity index (χ1) is 8.69. The van der Waals surface area contributed by atoms with Crippen LogP contribution in [0.3, 0.4) is 0 Å². The van der Waals surface area contributed by atoms with Gasteiger partial charge in [0.25, 0.3) is 0 Å². The molecular formula is C14H14FNO2. The summed E-state index contributed by atoms with van der Waals surface area (Å²) >= 11 is 0. The van der Waals surface area contributed by atoms with Crippen LogP contribution in [0.2, 0.25) is 0 Å². The molecule has 0 atom stereocenters. The Bertz CT molecular complexity index is 526. The van der Waals surface area contributed by atoms with Gasteiger partial charge in [-0.05, 0) is 29.8 Å². The van der Waals surface area contributed by atoms with E-state index in [2.05, 4.69) is 0 Å². The van der Waals surface area contributed by atoms with E-state index in [9.17, 15) is 4.39 Å². The average Bonchev–Trinajstić information content (AvgIpc) is 2.38. The van der Waals surface area contributed by atoms with Crippen molar-refractivity contribution in [2.45, 2.75) is 6.61 Å². The third-order valence-corrected chi connectivity index (χ3v) is 2.53. The second-order valence-corrected chi connectivity index (χ2v) is 3.82. The zero-order chi connectivity index (χ0) is 13.0. The van der Waals surface area contributed by atoms with Crippen molar-refractivity contribution in [3.8, 4) is 11.5 Å². The first-order valence-electron chi connectivity index (χ1n) is 5.50. The monoisotopic (exact) mass is 247 g/mol. The second-order valence-electron chi connectivity index (χ2n) is 3.82. The number of rotatable bonds is 4. The summed E-state index contributed by atoms with van der Waals surface area (Å²) in [5.74, 6) is 0.900. The summed E-state index contributed by atoms with van der Waals surface area (Å²) in [5, 5.41) is 0. The van der Waals surface area contributed by atoms with Crippen molar-refractivity contribution < 1.29 is 13.9 Å². The molecule has 0 aliphatic heterocycles. The highest BCUT2D eigenvalue weighted by molar-refractivity contribution is 5.52. The first kappa shape index (κ1) is 12.2. The zero-order valence-electron chi connectivity index (χ0n) is 10.0. The van der Waals surface area contributed by atoms with Gasteiger partial charge in [-0.1, -0.05) is 12.1 Å². The van der Waals surface area contributed by atoms with Crippen molar-refractivity contribution in [3.63, 3.8) is 0 Å². The number of ether oxygens (including phenoxy) is 2. The van der Waals surface area contributed by atoms with Crippen LogP contribution in [0.4, 0.5) is 10.1 Å². The third kappa shape index (κ3) is 2.91. The van der Waals surface area contributed by atoms with E-state index in [1.54, 1.807) is 7.11 Å². The van der Waals surface area contributed by atoms with Crippen molar-refractivity contribution in [1.82, 2.24) is 0 Å². The molecule has 0 unspecified atom stereocenters. The summed E-state index contributed by atoms with van der Waals surface area (Å²) in [7, 11) is 1.62. The van der Waals surface area contributed by atoms with Crippen LogP contribution in [0.15, 0.2) is 42.5 Å². The number of nitrogens with two attached hydrogens (primary N) is 1. The van der Waals surface area contributed by atoms with Gasteiger partial charge in [0.15, 0.2) is 0 Å². The molecule has 0 amide bonds. The SMILES string of the molecule is COc1ccc(COc2ccc(F)cc2N)cc1. The van der Waals surface area contributed by atoms with Crippen LogP contribution >= 0.6 is 0 Å². The fourth-order valence-electron chi connectivity index (χ4n) is 1.53. The second kappa shape index (κ2) is 5.40. The molecule has 0 saturated heterocycles. The molecule has 2 aromatic rings. The van der Waals surface area contributed by atoms with E-state index in [1.165, 1.54) is 18.2 Å². The van der Waals surface area contributed by atoms with Gasteiger partial charge < -0.3 is 15.2 Å². The molecule has 0 fully saturated rings. The molecule has 94 valence electrons. The van der Waals surface area contributed by atoms with Crippen molar-refractivity contribution in [1.29, 1.82) is 0 Å². The Hall–Kier alpha value is -2.23. The van der Waals surface area contributed by atoms with E-state index in [4.69, 9.17) is 15.2 Å². The Labute approximate surface area is 105 Å². The molecule has 0 aliphatic rings. The lowest BCUT2D eigenvalue weighted by molar-refractivity contribution is 0.307. The van der Waals surface area contributed by atoms with Gasteiger partial charge in [-0.2, -0.15) is 0 Å². The van der Waals surface area contributed by atoms with Gasteiger partial charge in [-0.25, -0.2) is 4.39 Å². The van der Waals surface area contributed by atoms with Crippen LogP contribution in [0.1, 0.15) is 5.56 Å². The van der Waals surface area contributed by atoms with E-state index < -0.39 is 0 Å². The van der Waals surface area contributed by atoms with Crippen molar-refractivity contribution >= 4 is 5.69 Å². The summed E-state index contributed by atoms with van der Waals surface area (Å²) < 4.78 is 23.4. The highest BCUT2D eigenvalue weighted by Crippen LogP contribution is 2.23. The maximum Gasteiger partial charge on any atom is 0.142 e. The number of nitrogen functional groups attached to an aromatic ring is 1. The molecule has 3 nitrogen and oxygen atoms in total. The summed E-state index contributed by atoms with van der Waals surface area (Å²) in [6.45, 7) is 0.375. The lowest BCUT2D eigenvalue weighted by atomic mass is 10.2. The number of halogens is 1. The quantitative estimate of drug-likeness (QED) is 0.845. The number of methoxy groups -OCH3 is 1. The number of hydrogen-bond donors (Lipinski definition) is 1. The van der Waals surface area contributed by atoms with Gasteiger partial charge in [0.05, 0.1) is 12.8 Å². The van der Waals surface area contributed by atoms with Crippen molar-refractivity contribution in [2.24, 2.45) is 0 Å². The predicted octanol–water partition coefficient (Wildman–Crippen LogP) is 3.00. The van der Waals surface area contributed by atoms with E-state index >= 15 is 0 Å². The Kier molecular flexibility index (Phi) is 3.67. The van der Waals surface area contributed by atoms with Gasteiger partial charge in [-0.15, -0.1) is 0 Å². The Morgan fingerprint density at radius 3 is 2.44 bits per heavy atom. The average molecular weight is 247 g/mol. The largest absolute Gasteiger partial charge is 0.497 e. The number of benzene rings is 2. The van der Waals surface area contributed by atoms with E-state index in [-0.39, 0.29) is 5.82 Å². The van der Waals surface area contributed by atoms with Gasteiger partial charge in [0.2, 0.25) is 0 Å². The van der Waals surface area contributed by atoms with Crippen LogP contribution in [-0.4, -0.2) is 7.11 Å². The highest BCUT2D eigenvalue weighted by atomic mass is 19.1. The molecule has 0 radical (unpaired) electrons. The van der Waals surface area contributed by atoms with Gasteiger partial charge in [0, 0.05) is 6.07 Å². The molecule has 2 rings (SSSR count). The number of hydrogen-bond acceptors (Lipinski definition) is 3. The first-order valence-corrected chi connectivity index (χ1v) is 5.50. The fraction of sp³-hybridized carbons (Fsp3) is 0.143. The van der Waals surface area contributed by atoms with Crippen LogP contribution in [0.5, 0.6) is 11.5 Å². The van der Waals surface area contributed by atoms with E-state index in [1.807, 2.05) is 24.3 Å². The standard InChI is InChI=1S/C14H14FNO2/c1-17-12-5-2-10(3-6-12)9-18-14-7-4-11(15)8-13(14)16/h2-8H,9,16H2,1H3. The maximum absolute atomic E-state index is 12.8. The molecule has 18 heavy (non-hydrogen) atoms. The summed E-state index contributed by atoms with van der Waals surface area (Å²) in [6.07, 6.45) is 0. The number of anilines is 1. The highest BCUT2D eigenvalue weighted by Gasteiger charge is 2.02.